The van der Waals surface area contributed by atoms with Crippen LogP contribution in [0.3, 0.4) is 0 Å². The highest BCUT2D eigenvalue weighted by molar-refractivity contribution is 5.89. The Labute approximate surface area is 118 Å². The average molecular weight is 280 g/mol. The van der Waals surface area contributed by atoms with Gasteiger partial charge >= 0.3 is 6.09 Å². The van der Waals surface area contributed by atoms with Crippen molar-refractivity contribution in [1.29, 1.82) is 0 Å². The van der Waals surface area contributed by atoms with E-state index in [0.717, 1.165) is 29.8 Å². The van der Waals surface area contributed by atoms with Crippen molar-refractivity contribution in [3.8, 4) is 0 Å². The van der Waals surface area contributed by atoms with Gasteiger partial charge in [0.1, 0.15) is 0 Å². The second-order valence-electron chi connectivity index (χ2n) is 4.79. The summed E-state index contributed by atoms with van der Waals surface area (Å²) in [4.78, 5) is 13.3. The van der Waals surface area contributed by atoms with Crippen LogP contribution >= 0.6 is 0 Å². The molecule has 0 saturated heterocycles. The van der Waals surface area contributed by atoms with Crippen molar-refractivity contribution in [2.45, 2.75) is 18.9 Å². The van der Waals surface area contributed by atoms with Crippen molar-refractivity contribution in [2.24, 2.45) is 0 Å². The van der Waals surface area contributed by atoms with Crippen LogP contribution in [0.15, 0.2) is 18.2 Å². The zero-order chi connectivity index (χ0) is 14.5. The quantitative estimate of drug-likeness (QED) is 0.765. The Morgan fingerprint density at radius 2 is 2.35 bits per heavy atom. The minimum Gasteiger partial charge on any atom is -0.452 e. The molecule has 1 aromatic rings. The molecule has 1 heterocycles. The van der Waals surface area contributed by atoms with Gasteiger partial charge in [-0.15, -0.1) is 0 Å². The maximum Gasteiger partial charge on any atom is 0.414 e. The molecule has 0 radical (unpaired) electrons. The molecule has 0 saturated carbocycles. The standard InChI is InChI=1S/C14H20N2O4/c1-20-14(19)16-6-2-3-10-7-11(4-5-13(10)16)15-8-12(18)9-17/h4-5,7,12,15,17-18H,2-3,6,8-9H2,1H3. The van der Waals surface area contributed by atoms with Crippen LogP contribution in [0.25, 0.3) is 0 Å². The van der Waals surface area contributed by atoms with E-state index in [0.29, 0.717) is 6.54 Å². The summed E-state index contributed by atoms with van der Waals surface area (Å²) in [5, 5.41) is 21.2. The molecule has 0 bridgehead atoms. The number of nitrogens with one attached hydrogen (secondary N) is 1. The van der Waals surface area contributed by atoms with Gasteiger partial charge in [-0.25, -0.2) is 4.79 Å². The maximum atomic E-state index is 11.7. The Morgan fingerprint density at radius 3 is 3.05 bits per heavy atom. The monoisotopic (exact) mass is 280 g/mol. The van der Waals surface area contributed by atoms with Crippen molar-refractivity contribution >= 4 is 17.5 Å². The Hall–Kier alpha value is -1.79. The van der Waals surface area contributed by atoms with E-state index in [-0.39, 0.29) is 19.2 Å². The number of aryl methyl sites for hydroxylation is 1. The highest BCUT2D eigenvalue weighted by Gasteiger charge is 2.23. The van der Waals surface area contributed by atoms with E-state index in [4.69, 9.17) is 9.84 Å². The molecule has 1 atom stereocenters. The number of aliphatic hydroxyl groups excluding tert-OH is 2. The Kier molecular flexibility index (Phi) is 4.81. The number of ether oxygens (including phenoxy) is 1. The van der Waals surface area contributed by atoms with Gasteiger partial charge in [-0.2, -0.15) is 0 Å². The Balaban J connectivity index is 2.13. The zero-order valence-electron chi connectivity index (χ0n) is 11.5. The van der Waals surface area contributed by atoms with Crippen molar-refractivity contribution in [3.63, 3.8) is 0 Å². The van der Waals surface area contributed by atoms with Crippen molar-refractivity contribution in [3.05, 3.63) is 23.8 Å². The van der Waals surface area contributed by atoms with Gasteiger partial charge in [0.05, 0.1) is 25.5 Å². The first-order valence-electron chi connectivity index (χ1n) is 6.67. The summed E-state index contributed by atoms with van der Waals surface area (Å²) in [5.41, 5.74) is 2.81. The molecular weight excluding hydrogens is 260 g/mol. The summed E-state index contributed by atoms with van der Waals surface area (Å²) >= 11 is 0. The number of anilines is 2. The third-order valence-electron chi connectivity index (χ3n) is 3.35. The molecule has 0 aliphatic carbocycles. The molecule has 1 aliphatic rings. The molecule has 1 unspecified atom stereocenters. The lowest BCUT2D eigenvalue weighted by Crippen LogP contribution is -2.35. The average Bonchev–Trinajstić information content (AvgIpc) is 2.50. The number of fused-ring (bicyclic) bond motifs is 1. The van der Waals surface area contributed by atoms with Crippen LogP contribution in [-0.2, 0) is 11.2 Å². The second kappa shape index (κ2) is 6.58. The molecule has 6 heteroatoms. The first-order chi connectivity index (χ1) is 9.65. The zero-order valence-corrected chi connectivity index (χ0v) is 11.5. The Bertz CT molecular complexity index is 478. The Morgan fingerprint density at radius 1 is 1.55 bits per heavy atom. The topological polar surface area (TPSA) is 82.0 Å². The third kappa shape index (κ3) is 3.20. The first kappa shape index (κ1) is 14.6. The van der Waals surface area contributed by atoms with E-state index < -0.39 is 6.10 Å². The molecular formula is C14H20N2O4. The van der Waals surface area contributed by atoms with Crippen LogP contribution in [0.4, 0.5) is 16.2 Å². The van der Waals surface area contributed by atoms with Gasteiger partial charge in [0.2, 0.25) is 0 Å². The fourth-order valence-corrected chi connectivity index (χ4v) is 2.31. The van der Waals surface area contributed by atoms with Gasteiger partial charge in [0, 0.05) is 18.8 Å². The number of amides is 1. The molecule has 1 amide bonds. The summed E-state index contributed by atoms with van der Waals surface area (Å²) in [5.74, 6) is 0. The molecule has 110 valence electrons. The fraction of sp³-hybridized carbons (Fsp3) is 0.500. The minimum absolute atomic E-state index is 0.270. The lowest BCUT2D eigenvalue weighted by Gasteiger charge is -2.28. The van der Waals surface area contributed by atoms with Crippen LogP contribution in [0.1, 0.15) is 12.0 Å². The predicted octanol–water partition coefficient (Wildman–Crippen LogP) is 0.971. The van der Waals surface area contributed by atoms with E-state index in [2.05, 4.69) is 5.32 Å². The van der Waals surface area contributed by atoms with Crippen LogP contribution in [0.5, 0.6) is 0 Å². The molecule has 3 N–H and O–H groups in total. The number of carbonyl (C=O) groups excluding carboxylic acids is 1. The molecule has 0 spiro atoms. The van der Waals surface area contributed by atoms with Crippen LogP contribution < -0.4 is 10.2 Å². The molecule has 1 aromatic carbocycles. The summed E-state index contributed by atoms with van der Waals surface area (Å²) in [6, 6.07) is 5.69. The van der Waals surface area contributed by atoms with Crippen molar-refractivity contribution in [2.75, 3.05) is 37.0 Å². The second-order valence-corrected chi connectivity index (χ2v) is 4.79. The van der Waals surface area contributed by atoms with Gasteiger partial charge in [-0.1, -0.05) is 0 Å². The maximum absolute atomic E-state index is 11.7. The smallest absolute Gasteiger partial charge is 0.414 e. The molecule has 6 nitrogen and oxygen atoms in total. The number of methoxy groups -OCH3 is 1. The lowest BCUT2D eigenvalue weighted by molar-refractivity contribution is 0.105. The number of nitrogens with zero attached hydrogens (tertiary/aromatic N) is 1. The molecule has 20 heavy (non-hydrogen) atoms. The van der Waals surface area contributed by atoms with Crippen LogP contribution in [0.2, 0.25) is 0 Å². The van der Waals surface area contributed by atoms with Gasteiger partial charge in [0.15, 0.2) is 0 Å². The minimum atomic E-state index is -0.780. The van der Waals surface area contributed by atoms with E-state index >= 15 is 0 Å². The van der Waals surface area contributed by atoms with E-state index in [1.807, 2.05) is 18.2 Å². The third-order valence-corrected chi connectivity index (χ3v) is 3.35. The number of hydrogen-bond donors (Lipinski definition) is 3. The largest absolute Gasteiger partial charge is 0.452 e. The molecule has 0 fully saturated rings. The van der Waals surface area contributed by atoms with Gasteiger partial charge in [-0.3, -0.25) is 4.90 Å². The number of aliphatic hydroxyl groups is 2. The fourth-order valence-electron chi connectivity index (χ4n) is 2.31. The summed E-state index contributed by atoms with van der Waals surface area (Å²) in [6.45, 7) is 0.680. The molecule has 2 rings (SSSR count). The number of carbonyl (C=O) groups is 1. The van der Waals surface area contributed by atoms with E-state index in [1.54, 1.807) is 4.90 Å². The highest BCUT2D eigenvalue weighted by Crippen LogP contribution is 2.30. The van der Waals surface area contributed by atoms with E-state index in [9.17, 15) is 9.90 Å². The number of hydrogen-bond acceptors (Lipinski definition) is 5. The normalized spacial score (nSPS) is 15.4. The van der Waals surface area contributed by atoms with E-state index in [1.165, 1.54) is 7.11 Å². The molecule has 0 aromatic heterocycles. The lowest BCUT2D eigenvalue weighted by atomic mass is 10.0. The first-order valence-corrected chi connectivity index (χ1v) is 6.67. The van der Waals surface area contributed by atoms with Crippen molar-refractivity contribution in [1.82, 2.24) is 0 Å². The van der Waals surface area contributed by atoms with Gasteiger partial charge in [0.25, 0.3) is 0 Å². The van der Waals surface area contributed by atoms with Gasteiger partial charge < -0.3 is 20.3 Å². The highest BCUT2D eigenvalue weighted by atomic mass is 16.5. The number of benzene rings is 1. The van der Waals surface area contributed by atoms with Crippen LogP contribution in [-0.4, -0.2) is 49.2 Å². The predicted molar refractivity (Wildman–Crippen MR) is 76.1 cm³/mol. The summed E-state index contributed by atoms with van der Waals surface area (Å²) in [6.07, 6.45) is 0.672. The summed E-state index contributed by atoms with van der Waals surface area (Å²) in [7, 11) is 1.38. The van der Waals surface area contributed by atoms with Crippen molar-refractivity contribution < 1.29 is 19.7 Å². The summed E-state index contributed by atoms with van der Waals surface area (Å²) < 4.78 is 4.78. The van der Waals surface area contributed by atoms with Gasteiger partial charge in [-0.05, 0) is 36.6 Å². The SMILES string of the molecule is COC(=O)N1CCCc2cc(NCC(O)CO)ccc21. The number of rotatable bonds is 4. The molecule has 1 aliphatic heterocycles. The van der Waals surface area contributed by atoms with Crippen LogP contribution in [0, 0.1) is 0 Å².